The van der Waals surface area contributed by atoms with Gasteiger partial charge in [-0.1, -0.05) is 16.8 Å². The summed E-state index contributed by atoms with van der Waals surface area (Å²) in [6, 6.07) is 5.64. The summed E-state index contributed by atoms with van der Waals surface area (Å²) in [4.78, 5) is 27.9. The molecular formula is C19H18ClN5O3. The van der Waals surface area contributed by atoms with Crippen molar-refractivity contribution >= 4 is 39.3 Å². The minimum absolute atomic E-state index is 0.179. The number of hydrogen-bond donors (Lipinski definition) is 2. The monoisotopic (exact) mass is 399 g/mol. The van der Waals surface area contributed by atoms with E-state index >= 15 is 0 Å². The maximum absolute atomic E-state index is 12.4. The van der Waals surface area contributed by atoms with Gasteiger partial charge >= 0.3 is 0 Å². The lowest BCUT2D eigenvalue weighted by molar-refractivity contribution is -0.121. The van der Waals surface area contributed by atoms with Crippen LogP contribution in [0.3, 0.4) is 0 Å². The number of halogens is 1. The van der Waals surface area contributed by atoms with Crippen molar-refractivity contribution in [2.24, 2.45) is 0 Å². The molecule has 0 aliphatic heterocycles. The molecule has 0 fully saturated rings. The molecule has 8 nitrogen and oxygen atoms in total. The van der Waals surface area contributed by atoms with Gasteiger partial charge in [-0.05, 0) is 44.0 Å². The minimum atomic E-state index is -0.445. The van der Waals surface area contributed by atoms with Gasteiger partial charge in [-0.2, -0.15) is 5.10 Å². The zero-order valence-electron chi connectivity index (χ0n) is 15.4. The number of aromatic amines is 1. The van der Waals surface area contributed by atoms with Gasteiger partial charge in [0.15, 0.2) is 5.52 Å². The molecule has 0 unspecified atom stereocenters. The number of aryl methyl sites for hydroxylation is 2. The number of rotatable bonds is 5. The molecule has 1 aromatic carbocycles. The van der Waals surface area contributed by atoms with E-state index in [-0.39, 0.29) is 18.0 Å². The van der Waals surface area contributed by atoms with E-state index in [9.17, 15) is 9.59 Å². The van der Waals surface area contributed by atoms with Crippen molar-refractivity contribution in [2.45, 2.75) is 26.8 Å². The summed E-state index contributed by atoms with van der Waals surface area (Å²) in [5.74, 6) is 0.235. The SMILES string of the molecule is Cc1nn(CC(=O)NCCc2c[nH]c3ccc(Cl)cc23)c(=O)c2noc(C)c12. The lowest BCUT2D eigenvalue weighted by atomic mass is 10.1. The predicted octanol–water partition coefficient (Wildman–Crippen LogP) is 2.49. The van der Waals surface area contributed by atoms with Crippen molar-refractivity contribution < 1.29 is 9.32 Å². The first-order valence-electron chi connectivity index (χ1n) is 8.80. The van der Waals surface area contributed by atoms with E-state index in [1.165, 1.54) is 0 Å². The molecule has 1 amide bonds. The predicted molar refractivity (Wildman–Crippen MR) is 106 cm³/mol. The number of fused-ring (bicyclic) bond motifs is 2. The summed E-state index contributed by atoms with van der Waals surface area (Å²) in [6.45, 7) is 3.72. The molecule has 0 bridgehead atoms. The quantitative estimate of drug-likeness (QED) is 0.536. The fraction of sp³-hybridized carbons (Fsp3) is 0.263. The fourth-order valence-corrected chi connectivity index (χ4v) is 3.51. The topological polar surface area (TPSA) is 106 Å². The number of carbonyl (C=O) groups is 1. The van der Waals surface area contributed by atoms with Gasteiger partial charge in [0.25, 0.3) is 5.56 Å². The van der Waals surface area contributed by atoms with Crippen LogP contribution in [0.5, 0.6) is 0 Å². The third-order valence-electron chi connectivity index (χ3n) is 4.67. The molecule has 2 N–H and O–H groups in total. The Morgan fingerprint density at radius 3 is 3.00 bits per heavy atom. The van der Waals surface area contributed by atoms with Crippen LogP contribution in [0.2, 0.25) is 5.02 Å². The van der Waals surface area contributed by atoms with E-state index in [2.05, 4.69) is 20.6 Å². The molecular weight excluding hydrogens is 382 g/mol. The maximum Gasteiger partial charge on any atom is 0.297 e. The van der Waals surface area contributed by atoms with Crippen LogP contribution in [0, 0.1) is 13.8 Å². The number of nitrogens with zero attached hydrogens (tertiary/aromatic N) is 3. The van der Waals surface area contributed by atoms with E-state index in [4.69, 9.17) is 16.1 Å². The molecule has 28 heavy (non-hydrogen) atoms. The van der Waals surface area contributed by atoms with Crippen LogP contribution in [0.25, 0.3) is 21.8 Å². The lowest BCUT2D eigenvalue weighted by Crippen LogP contribution is -2.35. The van der Waals surface area contributed by atoms with E-state index in [1.807, 2.05) is 24.4 Å². The molecule has 0 spiro atoms. The summed E-state index contributed by atoms with van der Waals surface area (Å²) in [7, 11) is 0. The molecule has 0 saturated carbocycles. The summed E-state index contributed by atoms with van der Waals surface area (Å²) < 4.78 is 6.18. The Bertz CT molecular complexity index is 1250. The van der Waals surface area contributed by atoms with Gasteiger partial charge in [-0.3, -0.25) is 9.59 Å². The van der Waals surface area contributed by atoms with Gasteiger partial charge in [0, 0.05) is 28.7 Å². The minimum Gasteiger partial charge on any atom is -0.361 e. The molecule has 0 aliphatic carbocycles. The molecule has 3 aromatic heterocycles. The normalized spacial score (nSPS) is 11.4. The largest absolute Gasteiger partial charge is 0.361 e. The molecule has 4 rings (SSSR count). The van der Waals surface area contributed by atoms with Gasteiger partial charge < -0.3 is 14.8 Å². The Morgan fingerprint density at radius 1 is 1.36 bits per heavy atom. The summed E-state index contributed by atoms with van der Waals surface area (Å²) >= 11 is 6.06. The molecule has 0 atom stereocenters. The number of amides is 1. The van der Waals surface area contributed by atoms with Crippen LogP contribution in [-0.4, -0.2) is 32.4 Å². The second-order valence-electron chi connectivity index (χ2n) is 6.61. The summed E-state index contributed by atoms with van der Waals surface area (Å²) in [5.41, 5.74) is 2.39. The number of carbonyl (C=O) groups excluding carboxylic acids is 1. The second kappa shape index (κ2) is 7.12. The Balaban J connectivity index is 1.43. The smallest absolute Gasteiger partial charge is 0.297 e. The van der Waals surface area contributed by atoms with Crippen LogP contribution in [-0.2, 0) is 17.8 Å². The number of nitrogens with one attached hydrogen (secondary N) is 2. The Morgan fingerprint density at radius 2 is 2.18 bits per heavy atom. The average Bonchev–Trinajstić information content (AvgIpc) is 3.23. The zero-order valence-corrected chi connectivity index (χ0v) is 16.1. The van der Waals surface area contributed by atoms with Crippen LogP contribution in [0.4, 0.5) is 0 Å². The number of aromatic nitrogens is 4. The Kier molecular flexibility index (Phi) is 4.64. The van der Waals surface area contributed by atoms with E-state index < -0.39 is 5.56 Å². The van der Waals surface area contributed by atoms with Gasteiger partial charge in [-0.15, -0.1) is 0 Å². The first-order chi connectivity index (χ1) is 13.4. The van der Waals surface area contributed by atoms with Gasteiger partial charge in [0.05, 0.1) is 11.1 Å². The van der Waals surface area contributed by atoms with Crippen LogP contribution in [0.1, 0.15) is 17.0 Å². The highest BCUT2D eigenvalue weighted by atomic mass is 35.5. The number of benzene rings is 1. The van der Waals surface area contributed by atoms with E-state index in [0.29, 0.717) is 34.8 Å². The fourth-order valence-electron chi connectivity index (χ4n) is 3.34. The summed E-state index contributed by atoms with van der Waals surface area (Å²) in [5, 5.41) is 13.1. The average molecular weight is 400 g/mol. The van der Waals surface area contributed by atoms with E-state index in [1.54, 1.807) is 13.8 Å². The highest BCUT2D eigenvalue weighted by Crippen LogP contribution is 2.22. The molecule has 3 heterocycles. The third kappa shape index (κ3) is 3.27. The van der Waals surface area contributed by atoms with Crippen molar-refractivity contribution in [3.05, 3.63) is 56.8 Å². The summed E-state index contributed by atoms with van der Waals surface area (Å²) in [6.07, 6.45) is 2.54. The highest BCUT2D eigenvalue weighted by Gasteiger charge is 2.16. The van der Waals surface area contributed by atoms with Crippen molar-refractivity contribution in [3.8, 4) is 0 Å². The first kappa shape index (κ1) is 18.2. The third-order valence-corrected chi connectivity index (χ3v) is 4.91. The Hall–Kier alpha value is -3.13. The van der Waals surface area contributed by atoms with Gasteiger partial charge in [0.1, 0.15) is 12.3 Å². The van der Waals surface area contributed by atoms with Crippen LogP contribution >= 0.6 is 11.6 Å². The first-order valence-corrected chi connectivity index (χ1v) is 9.17. The lowest BCUT2D eigenvalue weighted by Gasteiger charge is -2.07. The molecule has 0 saturated heterocycles. The van der Waals surface area contributed by atoms with E-state index in [0.717, 1.165) is 21.1 Å². The molecule has 144 valence electrons. The van der Waals surface area contributed by atoms with Crippen molar-refractivity contribution in [1.29, 1.82) is 0 Å². The van der Waals surface area contributed by atoms with Crippen molar-refractivity contribution in [2.75, 3.05) is 6.54 Å². The number of H-pyrrole nitrogens is 1. The van der Waals surface area contributed by atoms with Crippen molar-refractivity contribution in [1.82, 2.24) is 25.2 Å². The molecule has 0 radical (unpaired) electrons. The van der Waals surface area contributed by atoms with Crippen LogP contribution in [0.15, 0.2) is 33.7 Å². The highest BCUT2D eigenvalue weighted by molar-refractivity contribution is 6.31. The van der Waals surface area contributed by atoms with Gasteiger partial charge in [-0.25, -0.2) is 4.68 Å². The molecule has 9 heteroatoms. The molecule has 4 aromatic rings. The second-order valence-corrected chi connectivity index (χ2v) is 7.05. The molecule has 0 aliphatic rings. The van der Waals surface area contributed by atoms with Crippen LogP contribution < -0.4 is 10.9 Å². The zero-order chi connectivity index (χ0) is 19.8. The number of hydrogen-bond acceptors (Lipinski definition) is 5. The van der Waals surface area contributed by atoms with Crippen molar-refractivity contribution in [3.63, 3.8) is 0 Å². The standard InChI is InChI=1S/C19H18ClN5O3/c1-10-17-11(2)28-24-18(17)19(27)25(23-10)9-16(26)21-6-5-12-8-22-15-4-3-13(20)7-14(12)15/h3-4,7-8,22H,5-6,9H2,1-2H3,(H,21,26). The Labute approximate surface area is 164 Å². The van der Waals surface area contributed by atoms with Gasteiger partial charge in [0.2, 0.25) is 5.91 Å². The maximum atomic E-state index is 12.4.